The molecule has 2 aromatic rings. The van der Waals surface area contributed by atoms with Gasteiger partial charge in [-0.2, -0.15) is 0 Å². The number of nitrogen functional groups attached to an aromatic ring is 1. The van der Waals surface area contributed by atoms with Crippen LogP contribution in [0.3, 0.4) is 0 Å². The first kappa shape index (κ1) is 11.4. The lowest BCUT2D eigenvalue weighted by molar-refractivity contribution is 0.181. The van der Waals surface area contributed by atoms with Crippen LogP contribution in [0.2, 0.25) is 0 Å². The minimum absolute atomic E-state index is 0.327. The van der Waals surface area contributed by atoms with E-state index in [1.54, 1.807) is 13.2 Å². The lowest BCUT2D eigenvalue weighted by Gasteiger charge is -2.04. The Morgan fingerprint density at radius 3 is 2.82 bits per heavy atom. The molecule has 0 atom stereocenters. The van der Waals surface area contributed by atoms with Crippen molar-refractivity contribution in [1.82, 2.24) is 15.0 Å². The van der Waals surface area contributed by atoms with E-state index in [9.17, 15) is 4.39 Å². The average Bonchev–Trinajstić information content (AvgIpc) is 2.29. The summed E-state index contributed by atoms with van der Waals surface area (Å²) >= 11 is 0. The van der Waals surface area contributed by atoms with E-state index >= 15 is 0 Å². The van der Waals surface area contributed by atoms with Crippen LogP contribution < -0.4 is 5.73 Å². The summed E-state index contributed by atoms with van der Waals surface area (Å²) in [5, 5.41) is 0. The van der Waals surface area contributed by atoms with Gasteiger partial charge < -0.3 is 10.5 Å². The van der Waals surface area contributed by atoms with Gasteiger partial charge in [0.15, 0.2) is 5.82 Å². The second kappa shape index (κ2) is 4.84. The van der Waals surface area contributed by atoms with Gasteiger partial charge in [-0.25, -0.2) is 19.3 Å². The molecule has 0 unspecified atom stereocenters. The Hall–Kier alpha value is -2.08. The monoisotopic (exact) mass is 234 g/mol. The summed E-state index contributed by atoms with van der Waals surface area (Å²) < 4.78 is 17.7. The minimum atomic E-state index is -0.408. The number of rotatable bonds is 3. The van der Waals surface area contributed by atoms with E-state index in [1.807, 2.05) is 0 Å². The Bertz CT molecular complexity index is 515. The van der Waals surface area contributed by atoms with Crippen molar-refractivity contribution in [2.24, 2.45) is 0 Å². The van der Waals surface area contributed by atoms with Crippen molar-refractivity contribution in [3.63, 3.8) is 0 Å². The van der Waals surface area contributed by atoms with Crippen LogP contribution in [-0.4, -0.2) is 22.1 Å². The second-order valence-electron chi connectivity index (χ2n) is 3.40. The summed E-state index contributed by atoms with van der Waals surface area (Å²) in [6.45, 7) is 0.334. The average molecular weight is 234 g/mol. The predicted molar refractivity (Wildman–Crippen MR) is 60.3 cm³/mol. The summed E-state index contributed by atoms with van der Waals surface area (Å²) in [5.74, 6) is 0.278. The highest BCUT2D eigenvalue weighted by atomic mass is 19.1. The van der Waals surface area contributed by atoms with Crippen LogP contribution in [0.4, 0.5) is 10.2 Å². The molecule has 2 rings (SSSR count). The molecule has 2 aromatic heterocycles. The van der Waals surface area contributed by atoms with Gasteiger partial charge in [-0.1, -0.05) is 0 Å². The van der Waals surface area contributed by atoms with Crippen molar-refractivity contribution in [3.05, 3.63) is 35.9 Å². The summed E-state index contributed by atoms with van der Waals surface area (Å²) in [6.07, 6.45) is 1.11. The SMILES string of the molecule is COCc1cc(N)nc(-c2ccc(F)cn2)n1. The van der Waals surface area contributed by atoms with Crippen LogP contribution in [0, 0.1) is 5.82 Å². The first-order valence-electron chi connectivity index (χ1n) is 4.93. The number of hydrogen-bond donors (Lipinski definition) is 1. The fourth-order valence-corrected chi connectivity index (χ4v) is 1.36. The van der Waals surface area contributed by atoms with Crippen molar-refractivity contribution in [1.29, 1.82) is 0 Å². The molecule has 0 aliphatic heterocycles. The Morgan fingerprint density at radius 1 is 1.35 bits per heavy atom. The number of pyridine rings is 1. The van der Waals surface area contributed by atoms with E-state index in [0.717, 1.165) is 6.20 Å². The number of hydrogen-bond acceptors (Lipinski definition) is 5. The Labute approximate surface area is 97.5 Å². The quantitative estimate of drug-likeness (QED) is 0.869. The number of anilines is 1. The minimum Gasteiger partial charge on any atom is -0.384 e. The van der Waals surface area contributed by atoms with Gasteiger partial charge in [-0.15, -0.1) is 0 Å². The highest BCUT2D eigenvalue weighted by molar-refractivity contribution is 5.51. The molecule has 0 amide bonds. The molecule has 0 bridgehead atoms. The van der Waals surface area contributed by atoms with Crippen molar-refractivity contribution >= 4 is 5.82 Å². The predicted octanol–water partition coefficient (Wildman–Crippen LogP) is 1.41. The third-order valence-corrected chi connectivity index (χ3v) is 2.05. The fraction of sp³-hybridized carbons (Fsp3) is 0.182. The van der Waals surface area contributed by atoms with Crippen molar-refractivity contribution < 1.29 is 9.13 Å². The third-order valence-electron chi connectivity index (χ3n) is 2.05. The van der Waals surface area contributed by atoms with Crippen LogP contribution in [0.1, 0.15) is 5.69 Å². The van der Waals surface area contributed by atoms with Crippen LogP contribution in [0.5, 0.6) is 0 Å². The van der Waals surface area contributed by atoms with Crippen LogP contribution >= 0.6 is 0 Å². The molecule has 0 saturated heterocycles. The number of nitrogens with two attached hydrogens (primary N) is 1. The van der Waals surface area contributed by atoms with E-state index in [2.05, 4.69) is 15.0 Å². The number of nitrogens with zero attached hydrogens (tertiary/aromatic N) is 3. The van der Waals surface area contributed by atoms with Gasteiger partial charge in [0.1, 0.15) is 17.3 Å². The molecule has 5 nitrogen and oxygen atoms in total. The summed E-state index contributed by atoms with van der Waals surface area (Å²) in [7, 11) is 1.56. The van der Waals surface area contributed by atoms with Gasteiger partial charge in [-0.05, 0) is 12.1 Å². The van der Waals surface area contributed by atoms with Gasteiger partial charge >= 0.3 is 0 Å². The van der Waals surface area contributed by atoms with E-state index in [4.69, 9.17) is 10.5 Å². The maximum atomic E-state index is 12.7. The third kappa shape index (κ3) is 2.73. The second-order valence-corrected chi connectivity index (χ2v) is 3.40. The van der Waals surface area contributed by atoms with E-state index in [-0.39, 0.29) is 0 Å². The molecule has 0 aromatic carbocycles. The number of halogens is 1. The van der Waals surface area contributed by atoms with Crippen LogP contribution in [0.15, 0.2) is 24.4 Å². The molecule has 6 heteroatoms. The Balaban J connectivity index is 2.40. The van der Waals surface area contributed by atoms with Gasteiger partial charge in [0.25, 0.3) is 0 Å². The Morgan fingerprint density at radius 2 is 2.18 bits per heavy atom. The van der Waals surface area contributed by atoms with Crippen molar-refractivity contribution in [3.8, 4) is 11.5 Å². The molecule has 17 heavy (non-hydrogen) atoms. The van der Waals surface area contributed by atoms with Gasteiger partial charge in [0, 0.05) is 13.2 Å². The van der Waals surface area contributed by atoms with Crippen LogP contribution in [0.25, 0.3) is 11.5 Å². The maximum Gasteiger partial charge on any atom is 0.180 e. The molecule has 0 aliphatic carbocycles. The number of ether oxygens (including phenoxy) is 1. The normalized spacial score (nSPS) is 10.5. The highest BCUT2D eigenvalue weighted by Gasteiger charge is 2.06. The van der Waals surface area contributed by atoms with Crippen molar-refractivity contribution in [2.75, 3.05) is 12.8 Å². The molecule has 0 saturated carbocycles. The number of aromatic nitrogens is 3. The zero-order valence-electron chi connectivity index (χ0n) is 9.22. The fourth-order valence-electron chi connectivity index (χ4n) is 1.36. The molecular weight excluding hydrogens is 223 g/mol. The first-order valence-corrected chi connectivity index (χ1v) is 4.93. The van der Waals surface area contributed by atoms with E-state index < -0.39 is 5.82 Å². The molecule has 0 aliphatic rings. The van der Waals surface area contributed by atoms with Crippen molar-refractivity contribution in [2.45, 2.75) is 6.61 Å². The standard InChI is InChI=1S/C11H11FN4O/c1-17-6-8-4-10(13)16-11(15-8)9-3-2-7(12)5-14-9/h2-5H,6H2,1H3,(H2,13,15,16). The lowest BCUT2D eigenvalue weighted by atomic mass is 10.3. The van der Waals surface area contributed by atoms with E-state index in [0.29, 0.717) is 29.6 Å². The molecular formula is C11H11FN4O. The zero-order valence-corrected chi connectivity index (χ0v) is 9.22. The first-order chi connectivity index (χ1) is 8.19. The summed E-state index contributed by atoms with van der Waals surface area (Å²) in [4.78, 5) is 12.2. The molecule has 88 valence electrons. The molecule has 2 heterocycles. The zero-order chi connectivity index (χ0) is 12.3. The Kier molecular flexibility index (Phi) is 3.24. The smallest absolute Gasteiger partial charge is 0.180 e. The number of methoxy groups -OCH3 is 1. The summed E-state index contributed by atoms with van der Waals surface area (Å²) in [5.41, 5.74) is 6.77. The highest BCUT2D eigenvalue weighted by Crippen LogP contribution is 2.15. The molecule has 0 radical (unpaired) electrons. The van der Waals surface area contributed by atoms with Gasteiger partial charge in [0.2, 0.25) is 0 Å². The van der Waals surface area contributed by atoms with Crippen LogP contribution in [-0.2, 0) is 11.3 Å². The lowest BCUT2D eigenvalue weighted by Crippen LogP contribution is -2.02. The van der Waals surface area contributed by atoms with Gasteiger partial charge in [0.05, 0.1) is 18.5 Å². The molecule has 0 fully saturated rings. The molecule has 0 spiro atoms. The van der Waals surface area contributed by atoms with Gasteiger partial charge in [-0.3, -0.25) is 0 Å². The van der Waals surface area contributed by atoms with E-state index in [1.165, 1.54) is 12.1 Å². The summed E-state index contributed by atoms with van der Waals surface area (Å²) in [6, 6.07) is 4.42. The topological polar surface area (TPSA) is 73.9 Å². The molecule has 2 N–H and O–H groups in total. The maximum absolute atomic E-state index is 12.7. The largest absolute Gasteiger partial charge is 0.384 e.